The Kier molecular flexibility index (Phi) is 4.37. The number of piperidine rings is 1. The normalized spacial score (nSPS) is 25.8. The van der Waals surface area contributed by atoms with Crippen molar-refractivity contribution in [2.45, 2.75) is 13.3 Å². The number of allylic oxidation sites excluding steroid dienone is 1. The molecule has 2 atom stereocenters. The molecule has 3 rings (SSSR count). The SMILES string of the molecule is C/C(C#Cc1ccccc1)=C/CO/N=C1\CN2CCC1C2. The third-order valence-corrected chi connectivity index (χ3v) is 3.95. The summed E-state index contributed by atoms with van der Waals surface area (Å²) in [6.07, 6.45) is 3.22. The lowest BCUT2D eigenvalue weighted by Crippen LogP contribution is -2.23. The van der Waals surface area contributed by atoms with E-state index in [1.165, 1.54) is 25.2 Å². The van der Waals surface area contributed by atoms with Gasteiger partial charge in [0, 0.05) is 24.6 Å². The Morgan fingerprint density at radius 2 is 2.29 bits per heavy atom. The molecule has 2 aliphatic heterocycles. The van der Waals surface area contributed by atoms with Crippen LogP contribution in [0.15, 0.2) is 47.1 Å². The van der Waals surface area contributed by atoms with E-state index in [9.17, 15) is 0 Å². The van der Waals surface area contributed by atoms with Crippen LogP contribution in [0, 0.1) is 17.8 Å². The molecular weight excluding hydrogens is 260 g/mol. The molecular formula is C18H20N2O. The summed E-state index contributed by atoms with van der Waals surface area (Å²) in [6, 6.07) is 9.99. The lowest BCUT2D eigenvalue weighted by molar-refractivity contribution is 0.171. The molecule has 0 aliphatic carbocycles. The van der Waals surface area contributed by atoms with Crippen molar-refractivity contribution in [2.75, 3.05) is 26.2 Å². The Morgan fingerprint density at radius 3 is 3.00 bits per heavy atom. The highest BCUT2D eigenvalue weighted by Crippen LogP contribution is 2.25. The van der Waals surface area contributed by atoms with Gasteiger partial charge in [0.1, 0.15) is 6.61 Å². The van der Waals surface area contributed by atoms with E-state index in [0.717, 1.165) is 17.7 Å². The number of hydrogen-bond acceptors (Lipinski definition) is 3. The maximum Gasteiger partial charge on any atom is 0.136 e. The molecule has 0 aromatic heterocycles. The predicted octanol–water partition coefficient (Wildman–Crippen LogP) is 2.69. The largest absolute Gasteiger partial charge is 0.392 e. The summed E-state index contributed by atoms with van der Waals surface area (Å²) in [5, 5.41) is 4.28. The van der Waals surface area contributed by atoms with Crippen molar-refractivity contribution in [3.63, 3.8) is 0 Å². The summed E-state index contributed by atoms with van der Waals surface area (Å²) >= 11 is 0. The summed E-state index contributed by atoms with van der Waals surface area (Å²) in [6.45, 7) is 5.86. The molecule has 2 aliphatic rings. The molecule has 2 saturated heterocycles. The van der Waals surface area contributed by atoms with Crippen LogP contribution < -0.4 is 0 Å². The molecule has 2 fully saturated rings. The second-order valence-corrected chi connectivity index (χ2v) is 5.60. The molecule has 1 aromatic rings. The van der Waals surface area contributed by atoms with E-state index in [-0.39, 0.29) is 0 Å². The molecule has 3 nitrogen and oxygen atoms in total. The summed E-state index contributed by atoms with van der Waals surface area (Å²) in [4.78, 5) is 7.84. The van der Waals surface area contributed by atoms with Crippen molar-refractivity contribution in [2.24, 2.45) is 11.1 Å². The Labute approximate surface area is 126 Å². The van der Waals surface area contributed by atoms with E-state index in [4.69, 9.17) is 4.84 Å². The van der Waals surface area contributed by atoms with E-state index >= 15 is 0 Å². The van der Waals surface area contributed by atoms with Gasteiger partial charge in [-0.05, 0) is 43.7 Å². The maximum atomic E-state index is 5.41. The first-order valence-corrected chi connectivity index (χ1v) is 7.46. The summed E-state index contributed by atoms with van der Waals surface area (Å²) in [7, 11) is 0. The average Bonchev–Trinajstić information content (AvgIpc) is 3.13. The van der Waals surface area contributed by atoms with Crippen LogP contribution in [0.1, 0.15) is 18.9 Å². The molecule has 21 heavy (non-hydrogen) atoms. The fourth-order valence-electron chi connectivity index (χ4n) is 2.74. The second-order valence-electron chi connectivity index (χ2n) is 5.60. The topological polar surface area (TPSA) is 24.8 Å². The molecule has 0 N–H and O–H groups in total. The van der Waals surface area contributed by atoms with Crippen LogP contribution in [0.4, 0.5) is 0 Å². The number of nitrogens with zero attached hydrogens (tertiary/aromatic N) is 2. The van der Waals surface area contributed by atoms with E-state index in [1.807, 2.05) is 43.3 Å². The molecule has 0 saturated carbocycles. The van der Waals surface area contributed by atoms with Crippen molar-refractivity contribution < 1.29 is 4.84 Å². The van der Waals surface area contributed by atoms with E-state index < -0.39 is 0 Å². The van der Waals surface area contributed by atoms with Gasteiger partial charge in [-0.15, -0.1) is 0 Å². The van der Waals surface area contributed by atoms with E-state index in [0.29, 0.717) is 12.5 Å². The van der Waals surface area contributed by atoms with Gasteiger partial charge >= 0.3 is 0 Å². The van der Waals surface area contributed by atoms with Gasteiger partial charge in [-0.25, -0.2) is 0 Å². The zero-order chi connectivity index (χ0) is 14.5. The molecule has 2 unspecified atom stereocenters. The molecule has 108 valence electrons. The monoisotopic (exact) mass is 280 g/mol. The summed E-state index contributed by atoms with van der Waals surface area (Å²) < 4.78 is 0. The first-order valence-electron chi connectivity index (χ1n) is 7.46. The van der Waals surface area contributed by atoms with Crippen LogP contribution in [-0.4, -0.2) is 36.9 Å². The summed E-state index contributed by atoms with van der Waals surface area (Å²) in [5.41, 5.74) is 3.25. The van der Waals surface area contributed by atoms with Gasteiger partial charge in [0.2, 0.25) is 0 Å². The quantitative estimate of drug-likeness (QED) is 0.483. The number of oxime groups is 1. The van der Waals surface area contributed by atoms with E-state index in [1.54, 1.807) is 0 Å². The Balaban J connectivity index is 1.48. The van der Waals surface area contributed by atoms with Gasteiger partial charge in [-0.2, -0.15) is 0 Å². The van der Waals surface area contributed by atoms with Gasteiger partial charge in [-0.1, -0.05) is 35.2 Å². The fourth-order valence-corrected chi connectivity index (χ4v) is 2.74. The number of hydrogen-bond donors (Lipinski definition) is 0. The number of benzene rings is 1. The minimum atomic E-state index is 0.492. The molecule has 0 amide bonds. The Bertz CT molecular complexity index is 607. The number of fused-ring (bicyclic) bond motifs is 2. The first-order chi connectivity index (χ1) is 10.3. The first kappa shape index (κ1) is 13.9. The van der Waals surface area contributed by atoms with E-state index in [2.05, 4.69) is 21.9 Å². The van der Waals surface area contributed by atoms with Crippen LogP contribution in [0.3, 0.4) is 0 Å². The zero-order valence-electron chi connectivity index (χ0n) is 12.4. The fraction of sp³-hybridized carbons (Fsp3) is 0.389. The molecule has 0 radical (unpaired) electrons. The molecule has 0 spiro atoms. The van der Waals surface area contributed by atoms with Gasteiger partial charge in [0.15, 0.2) is 0 Å². The maximum absolute atomic E-state index is 5.41. The van der Waals surface area contributed by atoms with Gasteiger partial charge in [-0.3, -0.25) is 4.90 Å². The predicted molar refractivity (Wildman–Crippen MR) is 85.0 cm³/mol. The van der Waals surface area contributed by atoms with Crippen LogP contribution in [0.25, 0.3) is 0 Å². The lowest BCUT2D eigenvalue weighted by atomic mass is 10.0. The zero-order valence-corrected chi connectivity index (χ0v) is 12.4. The molecule has 2 heterocycles. The average molecular weight is 280 g/mol. The van der Waals surface area contributed by atoms with Crippen molar-refractivity contribution in [1.82, 2.24) is 4.90 Å². The third-order valence-electron chi connectivity index (χ3n) is 3.95. The van der Waals surface area contributed by atoms with Crippen molar-refractivity contribution >= 4 is 5.71 Å². The minimum Gasteiger partial charge on any atom is -0.392 e. The van der Waals surface area contributed by atoms with Crippen molar-refractivity contribution in [3.8, 4) is 11.8 Å². The highest BCUT2D eigenvalue weighted by atomic mass is 16.6. The molecule has 3 heteroatoms. The molecule has 2 bridgehead atoms. The van der Waals surface area contributed by atoms with Gasteiger partial charge < -0.3 is 4.84 Å². The highest BCUT2D eigenvalue weighted by molar-refractivity contribution is 5.91. The lowest BCUT2D eigenvalue weighted by Gasteiger charge is -2.12. The standard InChI is InChI=1S/C18H20N2O/c1-15(7-8-16-5-3-2-4-6-16)10-12-21-19-18-14-20-11-9-17(18)13-20/h2-6,10,17H,9,11-14H2,1H3/b15-10-,19-18+. The van der Waals surface area contributed by atoms with Gasteiger partial charge in [0.05, 0.1) is 5.71 Å². The van der Waals surface area contributed by atoms with Crippen LogP contribution in [0.5, 0.6) is 0 Å². The smallest absolute Gasteiger partial charge is 0.136 e. The van der Waals surface area contributed by atoms with Crippen LogP contribution in [-0.2, 0) is 4.84 Å². The van der Waals surface area contributed by atoms with Crippen LogP contribution >= 0.6 is 0 Å². The Morgan fingerprint density at radius 1 is 1.43 bits per heavy atom. The second kappa shape index (κ2) is 6.60. The number of rotatable bonds is 3. The van der Waals surface area contributed by atoms with Crippen molar-refractivity contribution in [1.29, 1.82) is 0 Å². The highest BCUT2D eigenvalue weighted by Gasteiger charge is 2.35. The van der Waals surface area contributed by atoms with Gasteiger partial charge in [0.25, 0.3) is 0 Å². The van der Waals surface area contributed by atoms with Crippen LogP contribution in [0.2, 0.25) is 0 Å². The summed E-state index contributed by atoms with van der Waals surface area (Å²) in [5.74, 6) is 6.89. The Hall–Kier alpha value is -2.05. The third kappa shape index (κ3) is 3.74. The minimum absolute atomic E-state index is 0.492. The molecule has 1 aromatic carbocycles. The van der Waals surface area contributed by atoms with Crippen molar-refractivity contribution in [3.05, 3.63) is 47.5 Å².